The van der Waals surface area contributed by atoms with Crippen LogP contribution >= 0.6 is 21.6 Å². The summed E-state index contributed by atoms with van der Waals surface area (Å²) in [6.07, 6.45) is 0.508. The Labute approximate surface area is 125 Å². The third-order valence-electron chi connectivity index (χ3n) is 2.46. The molecule has 6 heteroatoms. The summed E-state index contributed by atoms with van der Waals surface area (Å²) in [5, 5.41) is 9.43. The van der Waals surface area contributed by atoms with E-state index in [-0.39, 0.29) is 6.61 Å². The van der Waals surface area contributed by atoms with Crippen molar-refractivity contribution < 1.29 is 14.6 Å². The Balaban J connectivity index is 1.97. The molecule has 0 fully saturated rings. The molecule has 104 valence electrons. The fraction of sp³-hybridized carbons (Fsp3) is 0.143. The van der Waals surface area contributed by atoms with E-state index in [9.17, 15) is 4.79 Å². The molecular formula is C14H13NO3S2. The number of rotatable bonds is 5. The van der Waals surface area contributed by atoms with E-state index in [0.717, 1.165) is 21.0 Å². The number of hydrogen-bond donors (Lipinski definition) is 1. The summed E-state index contributed by atoms with van der Waals surface area (Å²) < 4.78 is 4.55. The van der Waals surface area contributed by atoms with Crippen molar-refractivity contribution in [1.82, 2.24) is 4.98 Å². The summed E-state index contributed by atoms with van der Waals surface area (Å²) in [5.41, 5.74) is 1.93. The summed E-state index contributed by atoms with van der Waals surface area (Å²) in [5.74, 6) is 0. The van der Waals surface area contributed by atoms with Crippen LogP contribution in [-0.2, 0) is 11.3 Å². The molecule has 1 aromatic heterocycles. The number of benzene rings is 1. The van der Waals surface area contributed by atoms with Gasteiger partial charge in [0.1, 0.15) is 11.6 Å². The van der Waals surface area contributed by atoms with E-state index in [0.29, 0.717) is 0 Å². The minimum Gasteiger partial charge on any atom is -0.450 e. The Kier molecular flexibility index (Phi) is 5.31. The fourth-order valence-electron chi connectivity index (χ4n) is 1.52. The first-order chi connectivity index (χ1) is 9.65. The molecule has 2 rings (SSSR count). The molecule has 20 heavy (non-hydrogen) atoms. The molecule has 0 spiro atoms. The van der Waals surface area contributed by atoms with Crippen LogP contribution < -0.4 is 0 Å². The first-order valence-corrected chi connectivity index (χ1v) is 8.01. The van der Waals surface area contributed by atoms with E-state index in [1.807, 2.05) is 43.3 Å². The van der Waals surface area contributed by atoms with Gasteiger partial charge in [0.25, 0.3) is 0 Å². The Morgan fingerprint density at radius 1 is 1.30 bits per heavy atom. The lowest BCUT2D eigenvalue weighted by atomic mass is 10.1. The van der Waals surface area contributed by atoms with E-state index >= 15 is 0 Å². The molecule has 0 bridgehead atoms. The maximum atomic E-state index is 10.3. The molecule has 0 unspecified atom stereocenters. The van der Waals surface area contributed by atoms with Gasteiger partial charge in [0, 0.05) is 11.1 Å². The third-order valence-corrected chi connectivity index (χ3v) is 4.89. The Morgan fingerprint density at radius 2 is 2.15 bits per heavy atom. The second kappa shape index (κ2) is 7.21. The number of carboxylic acid groups (broad SMARTS) is 1. The highest BCUT2D eigenvalue weighted by atomic mass is 33.1. The van der Waals surface area contributed by atoms with Gasteiger partial charge in [-0.15, -0.1) is 0 Å². The highest BCUT2D eigenvalue weighted by Crippen LogP contribution is 2.37. The van der Waals surface area contributed by atoms with Gasteiger partial charge in [-0.1, -0.05) is 29.0 Å². The predicted molar refractivity (Wildman–Crippen MR) is 79.9 cm³/mol. The van der Waals surface area contributed by atoms with Gasteiger partial charge in [-0.25, -0.2) is 9.78 Å². The molecule has 1 aromatic carbocycles. The number of aryl methyl sites for hydroxylation is 1. The number of ether oxygens (including phenoxy) is 1. The monoisotopic (exact) mass is 307 g/mol. The van der Waals surface area contributed by atoms with Crippen molar-refractivity contribution in [3.05, 3.63) is 53.7 Å². The quantitative estimate of drug-likeness (QED) is 0.653. The molecule has 0 amide bonds. The molecule has 0 saturated carbocycles. The molecule has 0 radical (unpaired) electrons. The lowest BCUT2D eigenvalue weighted by Crippen LogP contribution is -2.00. The van der Waals surface area contributed by atoms with Gasteiger partial charge in [-0.05, 0) is 47.0 Å². The van der Waals surface area contributed by atoms with E-state index in [4.69, 9.17) is 5.11 Å². The molecule has 0 atom stereocenters. The molecule has 4 nitrogen and oxygen atoms in total. The second-order valence-corrected chi connectivity index (χ2v) is 6.18. The van der Waals surface area contributed by atoms with Gasteiger partial charge in [0.15, 0.2) is 0 Å². The normalized spacial score (nSPS) is 10.2. The summed E-state index contributed by atoms with van der Waals surface area (Å²) >= 11 is 0. The Morgan fingerprint density at radius 3 is 2.80 bits per heavy atom. The molecule has 0 aliphatic carbocycles. The maximum Gasteiger partial charge on any atom is 0.506 e. The number of aromatic nitrogens is 1. The average Bonchev–Trinajstić information content (AvgIpc) is 2.45. The zero-order chi connectivity index (χ0) is 14.4. The standard InChI is InChI=1S/C14H13NO3S2/c1-10-8-11(9-18-14(16)17)5-6-12(10)19-20-13-4-2-3-7-15-13/h2-8H,9H2,1H3,(H,16,17). The van der Waals surface area contributed by atoms with Crippen LogP contribution in [0.2, 0.25) is 0 Å². The van der Waals surface area contributed by atoms with Gasteiger partial charge in [0.05, 0.1) is 0 Å². The summed E-state index contributed by atoms with van der Waals surface area (Å²) in [4.78, 5) is 15.7. The lowest BCUT2D eigenvalue weighted by molar-refractivity contribution is 0.0853. The molecule has 0 aliphatic heterocycles. The van der Waals surface area contributed by atoms with Crippen LogP contribution in [0.15, 0.2) is 52.5 Å². The lowest BCUT2D eigenvalue weighted by Gasteiger charge is -2.07. The molecule has 1 heterocycles. The van der Waals surface area contributed by atoms with Crippen molar-refractivity contribution in [3.8, 4) is 0 Å². The fourth-order valence-corrected chi connectivity index (χ4v) is 3.63. The van der Waals surface area contributed by atoms with Crippen LogP contribution in [-0.4, -0.2) is 16.2 Å². The van der Waals surface area contributed by atoms with Crippen molar-refractivity contribution >= 4 is 27.7 Å². The van der Waals surface area contributed by atoms with Crippen molar-refractivity contribution in [1.29, 1.82) is 0 Å². The largest absolute Gasteiger partial charge is 0.506 e. The topological polar surface area (TPSA) is 59.4 Å². The predicted octanol–water partition coefficient (Wildman–Crippen LogP) is 4.38. The van der Waals surface area contributed by atoms with Crippen molar-refractivity contribution in [2.75, 3.05) is 0 Å². The van der Waals surface area contributed by atoms with Gasteiger partial charge in [-0.3, -0.25) is 0 Å². The van der Waals surface area contributed by atoms with Gasteiger partial charge in [-0.2, -0.15) is 0 Å². The minimum atomic E-state index is -1.26. The van der Waals surface area contributed by atoms with Crippen molar-refractivity contribution in [2.45, 2.75) is 23.5 Å². The minimum absolute atomic E-state index is 0.0779. The number of nitrogens with zero attached hydrogens (tertiary/aromatic N) is 1. The Hall–Kier alpha value is -1.66. The van der Waals surface area contributed by atoms with Gasteiger partial charge in [0.2, 0.25) is 0 Å². The highest BCUT2D eigenvalue weighted by Gasteiger charge is 2.05. The third kappa shape index (κ3) is 4.47. The van der Waals surface area contributed by atoms with Crippen molar-refractivity contribution in [3.63, 3.8) is 0 Å². The number of hydrogen-bond acceptors (Lipinski definition) is 5. The first-order valence-electron chi connectivity index (χ1n) is 5.86. The first kappa shape index (κ1) is 14.7. The molecule has 0 saturated heterocycles. The Bertz CT molecular complexity index is 590. The molecular weight excluding hydrogens is 294 g/mol. The number of carbonyl (C=O) groups is 1. The zero-order valence-electron chi connectivity index (χ0n) is 10.8. The second-order valence-electron chi connectivity index (χ2n) is 3.99. The molecule has 0 aliphatic rings. The molecule has 2 aromatic rings. The SMILES string of the molecule is Cc1cc(COC(=O)O)ccc1SSc1ccccn1. The summed E-state index contributed by atoms with van der Waals surface area (Å²) in [6.45, 7) is 2.07. The summed E-state index contributed by atoms with van der Waals surface area (Å²) in [7, 11) is 3.22. The van der Waals surface area contributed by atoms with Crippen LogP contribution in [0.1, 0.15) is 11.1 Å². The van der Waals surface area contributed by atoms with Crippen LogP contribution in [0.5, 0.6) is 0 Å². The van der Waals surface area contributed by atoms with Crippen LogP contribution in [0.4, 0.5) is 4.79 Å². The average molecular weight is 307 g/mol. The van der Waals surface area contributed by atoms with Crippen LogP contribution in [0.25, 0.3) is 0 Å². The summed E-state index contributed by atoms with van der Waals surface area (Å²) in [6, 6.07) is 11.6. The van der Waals surface area contributed by atoms with Crippen LogP contribution in [0, 0.1) is 6.92 Å². The highest BCUT2D eigenvalue weighted by molar-refractivity contribution is 8.76. The maximum absolute atomic E-state index is 10.3. The zero-order valence-corrected chi connectivity index (χ0v) is 12.4. The van der Waals surface area contributed by atoms with E-state index in [2.05, 4.69) is 9.72 Å². The van der Waals surface area contributed by atoms with E-state index in [1.54, 1.807) is 27.8 Å². The van der Waals surface area contributed by atoms with E-state index in [1.165, 1.54) is 0 Å². The van der Waals surface area contributed by atoms with Crippen molar-refractivity contribution in [2.24, 2.45) is 0 Å². The smallest absolute Gasteiger partial charge is 0.450 e. The number of pyridine rings is 1. The van der Waals surface area contributed by atoms with Crippen LogP contribution in [0.3, 0.4) is 0 Å². The van der Waals surface area contributed by atoms with Gasteiger partial charge >= 0.3 is 6.16 Å². The molecule has 1 N–H and O–H groups in total. The van der Waals surface area contributed by atoms with E-state index < -0.39 is 6.16 Å². The van der Waals surface area contributed by atoms with Gasteiger partial charge < -0.3 is 9.84 Å².